The molecule has 102 valence electrons. The molecule has 19 heavy (non-hydrogen) atoms. The maximum Gasteiger partial charge on any atom is 0.105 e. The average molecular weight is 324 g/mol. The molecule has 0 aliphatic heterocycles. The van der Waals surface area contributed by atoms with Crippen LogP contribution in [-0.2, 0) is 6.54 Å². The fourth-order valence-electron chi connectivity index (χ4n) is 2.01. The van der Waals surface area contributed by atoms with Gasteiger partial charge < -0.3 is 14.4 Å². The fraction of sp³-hybridized carbons (Fsp3) is 0.333. The van der Waals surface area contributed by atoms with Gasteiger partial charge in [-0.3, -0.25) is 0 Å². The van der Waals surface area contributed by atoms with Gasteiger partial charge in [-0.15, -0.1) is 0 Å². The van der Waals surface area contributed by atoms with Crippen LogP contribution < -0.4 is 4.90 Å². The number of anilines is 1. The molecule has 1 aromatic carbocycles. The molecule has 0 unspecified atom stereocenters. The molecule has 2 rings (SSSR count). The van der Waals surface area contributed by atoms with Crippen molar-refractivity contribution in [2.45, 2.75) is 26.5 Å². The Morgan fingerprint density at radius 2 is 2.11 bits per heavy atom. The van der Waals surface area contributed by atoms with Gasteiger partial charge in [-0.1, -0.05) is 6.07 Å². The molecule has 4 heteroatoms. The molecule has 0 amide bonds. The number of aliphatic hydroxyl groups is 1. The molecular weight excluding hydrogens is 306 g/mol. The van der Waals surface area contributed by atoms with Crippen molar-refractivity contribution < 1.29 is 9.52 Å². The molecule has 0 bridgehead atoms. The molecule has 0 aliphatic carbocycles. The maximum atomic E-state index is 9.57. The number of aryl methyl sites for hydroxylation is 1. The molecule has 1 heterocycles. The van der Waals surface area contributed by atoms with E-state index in [-0.39, 0.29) is 0 Å². The zero-order valence-electron chi connectivity index (χ0n) is 11.4. The minimum atomic E-state index is -0.452. The van der Waals surface area contributed by atoms with E-state index in [9.17, 15) is 5.11 Å². The van der Waals surface area contributed by atoms with Crippen LogP contribution in [0, 0.1) is 6.92 Å². The van der Waals surface area contributed by atoms with Gasteiger partial charge in [-0.05, 0) is 53.5 Å². The van der Waals surface area contributed by atoms with Crippen LogP contribution in [0.2, 0.25) is 0 Å². The Kier molecular flexibility index (Phi) is 4.32. The van der Waals surface area contributed by atoms with Gasteiger partial charge in [0.2, 0.25) is 0 Å². The van der Waals surface area contributed by atoms with Crippen molar-refractivity contribution in [1.29, 1.82) is 0 Å². The molecule has 1 N–H and O–H groups in total. The predicted octanol–water partition coefficient (Wildman–Crippen LogP) is 4.04. The number of furan rings is 1. The molecule has 0 fully saturated rings. The van der Waals surface area contributed by atoms with Crippen LogP contribution in [0.3, 0.4) is 0 Å². The number of hydrogen-bond donors (Lipinski definition) is 1. The predicted molar refractivity (Wildman–Crippen MR) is 80.3 cm³/mol. The van der Waals surface area contributed by atoms with Gasteiger partial charge in [0.05, 0.1) is 18.1 Å². The van der Waals surface area contributed by atoms with Crippen LogP contribution >= 0.6 is 15.9 Å². The molecule has 3 nitrogen and oxygen atoms in total. The summed E-state index contributed by atoms with van der Waals surface area (Å²) in [5.74, 6) is 0.948. The van der Waals surface area contributed by atoms with E-state index in [4.69, 9.17) is 4.42 Å². The summed E-state index contributed by atoms with van der Waals surface area (Å²) in [6.07, 6.45) is 1.26. The number of rotatable bonds is 4. The molecule has 0 saturated carbocycles. The Labute approximate surface area is 122 Å². The smallest absolute Gasteiger partial charge is 0.105 e. The molecule has 0 aliphatic rings. The first-order chi connectivity index (χ1) is 8.99. The largest absolute Gasteiger partial charge is 0.469 e. The van der Waals surface area contributed by atoms with Crippen LogP contribution in [0.4, 0.5) is 5.69 Å². The van der Waals surface area contributed by atoms with Gasteiger partial charge >= 0.3 is 0 Å². The van der Waals surface area contributed by atoms with Crippen molar-refractivity contribution in [1.82, 2.24) is 0 Å². The Balaban J connectivity index is 2.20. The highest BCUT2D eigenvalue weighted by Crippen LogP contribution is 2.30. The lowest BCUT2D eigenvalue weighted by atomic mass is 10.1. The van der Waals surface area contributed by atoms with Gasteiger partial charge in [0, 0.05) is 23.6 Å². The Bertz CT molecular complexity index is 563. The first kappa shape index (κ1) is 14.2. The standard InChI is InChI=1S/C15H18BrNO2/c1-10(18)12-4-5-15(14(16)8-12)17(3)9-13-6-7-19-11(13)2/h4-8,10,18H,9H2,1-3H3/t10-/m0/s1. The molecule has 0 saturated heterocycles. The number of halogens is 1. The second-order valence-corrected chi connectivity index (χ2v) is 5.60. The van der Waals surface area contributed by atoms with E-state index in [1.165, 1.54) is 5.56 Å². The Morgan fingerprint density at radius 1 is 1.37 bits per heavy atom. The minimum Gasteiger partial charge on any atom is -0.469 e. The van der Waals surface area contributed by atoms with E-state index < -0.39 is 6.10 Å². The van der Waals surface area contributed by atoms with Gasteiger partial charge in [0.15, 0.2) is 0 Å². The first-order valence-corrected chi connectivity index (χ1v) is 7.00. The molecule has 1 aromatic heterocycles. The summed E-state index contributed by atoms with van der Waals surface area (Å²) >= 11 is 3.56. The van der Waals surface area contributed by atoms with E-state index in [2.05, 4.69) is 20.8 Å². The molecule has 2 aromatic rings. The molecule has 0 radical (unpaired) electrons. The van der Waals surface area contributed by atoms with E-state index in [1.807, 2.05) is 38.2 Å². The summed E-state index contributed by atoms with van der Waals surface area (Å²) in [7, 11) is 2.04. The number of hydrogen-bond acceptors (Lipinski definition) is 3. The highest BCUT2D eigenvalue weighted by atomic mass is 79.9. The van der Waals surface area contributed by atoms with Crippen molar-refractivity contribution in [3.8, 4) is 0 Å². The highest BCUT2D eigenvalue weighted by molar-refractivity contribution is 9.10. The lowest BCUT2D eigenvalue weighted by Gasteiger charge is -2.21. The summed E-state index contributed by atoms with van der Waals surface area (Å²) in [5.41, 5.74) is 3.17. The summed E-state index contributed by atoms with van der Waals surface area (Å²) in [4.78, 5) is 2.15. The van der Waals surface area contributed by atoms with Crippen molar-refractivity contribution >= 4 is 21.6 Å². The summed E-state index contributed by atoms with van der Waals surface area (Å²) in [6.45, 7) is 4.52. The molecular formula is C15H18BrNO2. The number of nitrogens with zero attached hydrogens (tertiary/aromatic N) is 1. The molecule has 1 atom stereocenters. The third kappa shape index (κ3) is 3.19. The normalized spacial score (nSPS) is 12.5. The van der Waals surface area contributed by atoms with Gasteiger partial charge in [0.25, 0.3) is 0 Å². The van der Waals surface area contributed by atoms with Crippen LogP contribution in [0.15, 0.2) is 39.4 Å². The van der Waals surface area contributed by atoms with Gasteiger partial charge in [-0.25, -0.2) is 0 Å². The monoisotopic (exact) mass is 323 g/mol. The second kappa shape index (κ2) is 5.80. The van der Waals surface area contributed by atoms with Crippen LogP contribution in [0.25, 0.3) is 0 Å². The second-order valence-electron chi connectivity index (χ2n) is 4.74. The zero-order valence-corrected chi connectivity index (χ0v) is 12.9. The fourth-order valence-corrected chi connectivity index (χ4v) is 2.71. The lowest BCUT2D eigenvalue weighted by molar-refractivity contribution is 0.199. The lowest BCUT2D eigenvalue weighted by Crippen LogP contribution is -2.17. The quantitative estimate of drug-likeness (QED) is 0.922. The van der Waals surface area contributed by atoms with E-state index in [0.717, 1.165) is 28.0 Å². The zero-order chi connectivity index (χ0) is 14.0. The van der Waals surface area contributed by atoms with Crippen molar-refractivity contribution in [3.63, 3.8) is 0 Å². The Morgan fingerprint density at radius 3 is 2.63 bits per heavy atom. The SMILES string of the molecule is Cc1occc1CN(C)c1ccc([C@H](C)O)cc1Br. The van der Waals surface area contributed by atoms with Crippen LogP contribution in [-0.4, -0.2) is 12.2 Å². The highest BCUT2D eigenvalue weighted by Gasteiger charge is 2.11. The third-order valence-electron chi connectivity index (χ3n) is 3.24. The van der Waals surface area contributed by atoms with Crippen LogP contribution in [0.5, 0.6) is 0 Å². The van der Waals surface area contributed by atoms with E-state index in [1.54, 1.807) is 13.2 Å². The Hall–Kier alpha value is -1.26. The summed E-state index contributed by atoms with van der Waals surface area (Å²) < 4.78 is 6.29. The van der Waals surface area contributed by atoms with Crippen LogP contribution in [0.1, 0.15) is 29.9 Å². The maximum absolute atomic E-state index is 9.57. The average Bonchev–Trinajstić information content (AvgIpc) is 2.74. The molecule has 0 spiro atoms. The topological polar surface area (TPSA) is 36.6 Å². The first-order valence-electron chi connectivity index (χ1n) is 6.20. The number of benzene rings is 1. The van der Waals surface area contributed by atoms with E-state index in [0.29, 0.717) is 0 Å². The summed E-state index contributed by atoms with van der Waals surface area (Å²) in [5, 5.41) is 9.57. The van der Waals surface area contributed by atoms with Crippen molar-refractivity contribution in [3.05, 3.63) is 51.9 Å². The van der Waals surface area contributed by atoms with Crippen molar-refractivity contribution in [2.24, 2.45) is 0 Å². The van der Waals surface area contributed by atoms with E-state index >= 15 is 0 Å². The van der Waals surface area contributed by atoms with Crippen molar-refractivity contribution in [2.75, 3.05) is 11.9 Å². The summed E-state index contributed by atoms with van der Waals surface area (Å²) in [6, 6.07) is 7.91. The minimum absolute atomic E-state index is 0.452. The third-order valence-corrected chi connectivity index (χ3v) is 3.87. The number of aliphatic hydroxyl groups excluding tert-OH is 1. The van der Waals surface area contributed by atoms with Gasteiger partial charge in [0.1, 0.15) is 5.76 Å². The van der Waals surface area contributed by atoms with Gasteiger partial charge in [-0.2, -0.15) is 0 Å².